The van der Waals surface area contributed by atoms with Crippen molar-refractivity contribution in [3.63, 3.8) is 0 Å². The van der Waals surface area contributed by atoms with Crippen LogP contribution in [-0.4, -0.2) is 12.4 Å². The summed E-state index contributed by atoms with van der Waals surface area (Å²) < 4.78 is 11.6. The van der Waals surface area contributed by atoms with Gasteiger partial charge in [-0.2, -0.15) is 0 Å². The summed E-state index contributed by atoms with van der Waals surface area (Å²) in [6, 6.07) is 8.58. The van der Waals surface area contributed by atoms with Crippen LogP contribution in [0, 0.1) is 5.92 Å². The van der Waals surface area contributed by atoms with Gasteiger partial charge in [0.1, 0.15) is 0 Å². The van der Waals surface area contributed by atoms with Gasteiger partial charge in [0.15, 0.2) is 6.29 Å². The monoisotopic (exact) mass is 204 g/mol. The Morgan fingerprint density at radius 3 is 2.80 bits per heavy atom. The van der Waals surface area contributed by atoms with Crippen molar-refractivity contribution >= 4 is 0 Å². The van der Waals surface area contributed by atoms with Crippen LogP contribution in [0.1, 0.15) is 31.1 Å². The topological polar surface area (TPSA) is 18.5 Å². The van der Waals surface area contributed by atoms with Crippen LogP contribution in [0.3, 0.4) is 0 Å². The Morgan fingerprint density at radius 1 is 1.13 bits per heavy atom. The first-order chi connectivity index (χ1) is 7.25. The number of benzene rings is 1. The lowest BCUT2D eigenvalue weighted by atomic mass is 9.96. The fourth-order valence-electron chi connectivity index (χ4n) is 2.82. The van der Waals surface area contributed by atoms with E-state index < -0.39 is 0 Å². The predicted octanol–water partition coefficient (Wildman–Crippen LogP) is 2.68. The van der Waals surface area contributed by atoms with E-state index in [0.29, 0.717) is 12.0 Å². The first kappa shape index (κ1) is 9.37. The average molecular weight is 204 g/mol. The third kappa shape index (κ3) is 1.40. The summed E-state index contributed by atoms with van der Waals surface area (Å²) in [7, 11) is 0. The third-order valence-corrected chi connectivity index (χ3v) is 3.55. The molecule has 2 unspecified atom stereocenters. The molecule has 0 saturated carbocycles. The van der Waals surface area contributed by atoms with Crippen molar-refractivity contribution in [2.24, 2.45) is 5.92 Å². The van der Waals surface area contributed by atoms with E-state index in [4.69, 9.17) is 9.47 Å². The van der Waals surface area contributed by atoms with Crippen LogP contribution in [0.5, 0.6) is 0 Å². The molecule has 0 bridgehead atoms. The second kappa shape index (κ2) is 3.32. The number of hydrogen-bond acceptors (Lipinski definition) is 2. The molecule has 2 nitrogen and oxygen atoms in total. The zero-order valence-electron chi connectivity index (χ0n) is 9.14. The highest BCUT2D eigenvalue weighted by Gasteiger charge is 2.41. The first-order valence-electron chi connectivity index (χ1n) is 5.64. The zero-order valence-corrected chi connectivity index (χ0v) is 9.14. The molecule has 1 aromatic rings. The van der Waals surface area contributed by atoms with Crippen LogP contribution < -0.4 is 0 Å². The van der Waals surface area contributed by atoms with Crippen molar-refractivity contribution in [1.29, 1.82) is 0 Å². The van der Waals surface area contributed by atoms with Crippen molar-refractivity contribution in [1.82, 2.24) is 0 Å². The van der Waals surface area contributed by atoms with Gasteiger partial charge in [-0.15, -0.1) is 0 Å². The van der Waals surface area contributed by atoms with Crippen LogP contribution >= 0.6 is 0 Å². The fraction of sp³-hybridized carbons (Fsp3) is 0.538. The first-order valence-corrected chi connectivity index (χ1v) is 5.64. The second-order valence-electron chi connectivity index (χ2n) is 4.53. The van der Waals surface area contributed by atoms with Crippen molar-refractivity contribution in [3.05, 3.63) is 35.4 Å². The van der Waals surface area contributed by atoms with Crippen LogP contribution in [0.25, 0.3) is 0 Å². The third-order valence-electron chi connectivity index (χ3n) is 3.55. The van der Waals surface area contributed by atoms with Crippen molar-refractivity contribution < 1.29 is 9.47 Å². The highest BCUT2D eigenvalue weighted by Crippen LogP contribution is 2.44. The van der Waals surface area contributed by atoms with E-state index in [1.54, 1.807) is 0 Å². The van der Waals surface area contributed by atoms with Gasteiger partial charge in [-0.05, 0) is 31.4 Å². The molecule has 0 amide bonds. The molecule has 0 spiro atoms. The number of ether oxygens (including phenoxy) is 2. The van der Waals surface area contributed by atoms with E-state index in [9.17, 15) is 0 Å². The number of hydrogen-bond donors (Lipinski definition) is 0. The smallest absolute Gasteiger partial charge is 0.156 e. The minimum atomic E-state index is -0.0765. The van der Waals surface area contributed by atoms with E-state index in [-0.39, 0.29) is 12.4 Å². The molecule has 1 fully saturated rings. The fourth-order valence-corrected chi connectivity index (χ4v) is 2.82. The Balaban J connectivity index is 1.98. The Morgan fingerprint density at radius 2 is 1.93 bits per heavy atom. The average Bonchev–Trinajstić information content (AvgIpc) is 2.57. The van der Waals surface area contributed by atoms with Crippen LogP contribution in [0.4, 0.5) is 0 Å². The molecule has 1 aliphatic heterocycles. The summed E-state index contributed by atoms with van der Waals surface area (Å²) in [4.78, 5) is 0. The Bertz CT molecular complexity index is 375. The van der Waals surface area contributed by atoms with E-state index in [0.717, 1.165) is 6.42 Å². The Kier molecular flexibility index (Phi) is 2.08. The lowest BCUT2D eigenvalue weighted by Gasteiger charge is -2.36. The minimum absolute atomic E-state index is 0.0765. The van der Waals surface area contributed by atoms with Gasteiger partial charge in [0, 0.05) is 5.92 Å². The van der Waals surface area contributed by atoms with Crippen LogP contribution in [-0.2, 0) is 15.9 Å². The predicted molar refractivity (Wildman–Crippen MR) is 57.5 cm³/mol. The normalized spacial score (nSPS) is 38.5. The summed E-state index contributed by atoms with van der Waals surface area (Å²) in [5, 5.41) is 0. The maximum absolute atomic E-state index is 5.88. The summed E-state index contributed by atoms with van der Waals surface area (Å²) >= 11 is 0. The van der Waals surface area contributed by atoms with Gasteiger partial charge in [-0.3, -0.25) is 0 Å². The molecule has 1 heterocycles. The highest BCUT2D eigenvalue weighted by atomic mass is 16.7. The molecule has 1 aromatic carbocycles. The zero-order chi connectivity index (χ0) is 10.4. The van der Waals surface area contributed by atoms with Crippen LogP contribution in [0.15, 0.2) is 24.3 Å². The van der Waals surface area contributed by atoms with Gasteiger partial charge in [-0.1, -0.05) is 24.3 Å². The minimum Gasteiger partial charge on any atom is -0.350 e. The summed E-state index contributed by atoms with van der Waals surface area (Å²) in [6.07, 6.45) is 1.56. The van der Waals surface area contributed by atoms with E-state index in [2.05, 4.69) is 31.2 Å². The van der Waals surface area contributed by atoms with Gasteiger partial charge in [0.05, 0.1) is 12.2 Å². The molecule has 0 radical (unpaired) electrons. The Hall–Kier alpha value is -0.860. The van der Waals surface area contributed by atoms with Gasteiger partial charge < -0.3 is 9.47 Å². The standard InChI is InChI=1S/C13H16O2/c1-8-12-7-10-5-3-4-6-11(10)13(12)15-9(2)14-8/h3-6,8-9,12-13H,7H2,1-2H3/t8?,9?,12-,13-/m0/s1. The maximum atomic E-state index is 5.88. The molecule has 1 saturated heterocycles. The summed E-state index contributed by atoms with van der Waals surface area (Å²) in [5.41, 5.74) is 2.79. The highest BCUT2D eigenvalue weighted by molar-refractivity contribution is 5.35. The van der Waals surface area contributed by atoms with E-state index >= 15 is 0 Å². The molecule has 3 rings (SSSR count). The number of fused-ring (bicyclic) bond motifs is 3. The lowest BCUT2D eigenvalue weighted by molar-refractivity contribution is -0.254. The molecule has 15 heavy (non-hydrogen) atoms. The molecule has 2 heteroatoms. The molecular weight excluding hydrogens is 188 g/mol. The van der Waals surface area contributed by atoms with Crippen LogP contribution in [0.2, 0.25) is 0 Å². The van der Waals surface area contributed by atoms with Gasteiger partial charge in [0.2, 0.25) is 0 Å². The molecule has 0 aromatic heterocycles. The quantitative estimate of drug-likeness (QED) is 0.647. The van der Waals surface area contributed by atoms with Gasteiger partial charge in [-0.25, -0.2) is 0 Å². The molecule has 4 atom stereocenters. The summed E-state index contributed by atoms with van der Waals surface area (Å²) in [6.45, 7) is 4.14. The molecule has 0 N–H and O–H groups in total. The number of rotatable bonds is 0. The lowest BCUT2D eigenvalue weighted by Crippen LogP contribution is -2.37. The molecular formula is C13H16O2. The van der Waals surface area contributed by atoms with Gasteiger partial charge in [0.25, 0.3) is 0 Å². The van der Waals surface area contributed by atoms with Crippen molar-refractivity contribution in [3.8, 4) is 0 Å². The van der Waals surface area contributed by atoms with Crippen molar-refractivity contribution in [2.45, 2.75) is 38.8 Å². The molecule has 80 valence electrons. The summed E-state index contributed by atoms with van der Waals surface area (Å²) in [5.74, 6) is 0.499. The molecule has 2 aliphatic rings. The molecule has 1 aliphatic carbocycles. The largest absolute Gasteiger partial charge is 0.350 e. The van der Waals surface area contributed by atoms with Crippen molar-refractivity contribution in [2.75, 3.05) is 0 Å². The SMILES string of the molecule is CC1OC(C)[C@@H]2Cc3ccccc3[C@@H]2O1. The van der Waals surface area contributed by atoms with Gasteiger partial charge >= 0.3 is 0 Å². The van der Waals surface area contributed by atoms with E-state index in [1.165, 1.54) is 11.1 Å². The Labute approximate surface area is 90.2 Å². The second-order valence-corrected chi connectivity index (χ2v) is 4.53. The van der Waals surface area contributed by atoms with E-state index in [1.807, 2.05) is 6.92 Å². The maximum Gasteiger partial charge on any atom is 0.156 e.